The minimum atomic E-state index is -1.66. The normalized spacial score (nSPS) is 12.5. The first-order valence-electron chi connectivity index (χ1n) is 7.33. The third-order valence-corrected chi connectivity index (χ3v) is 8.61. The van der Waals surface area contributed by atoms with E-state index in [-0.39, 0.29) is 10.9 Å². The summed E-state index contributed by atoms with van der Waals surface area (Å²) in [4.78, 5) is 10.9. The summed E-state index contributed by atoms with van der Waals surface area (Å²) < 4.78 is 16.8. The van der Waals surface area contributed by atoms with Crippen LogP contribution in [0, 0.1) is 0 Å². The smallest absolute Gasteiger partial charge is 0.230 e. The maximum Gasteiger partial charge on any atom is 0.230 e. The van der Waals surface area contributed by atoms with E-state index in [0.717, 1.165) is 0 Å². The summed E-state index contributed by atoms with van der Waals surface area (Å²) in [6.45, 7) is 14.5. The van der Waals surface area contributed by atoms with Crippen LogP contribution in [0.15, 0.2) is 0 Å². The summed E-state index contributed by atoms with van der Waals surface area (Å²) in [5.41, 5.74) is 0. The Morgan fingerprint density at radius 2 is 1.57 bits per heavy atom. The third-order valence-electron chi connectivity index (χ3n) is 3.56. The van der Waals surface area contributed by atoms with Gasteiger partial charge in [0, 0.05) is 6.54 Å². The van der Waals surface area contributed by atoms with Crippen LogP contribution in [0.3, 0.4) is 0 Å². The molecule has 0 heterocycles. The average Bonchev–Trinajstić information content (AvgIpc) is 2.39. The van der Waals surface area contributed by atoms with E-state index in [0.29, 0.717) is 44.9 Å². The van der Waals surface area contributed by atoms with E-state index in [1.807, 2.05) is 0 Å². The van der Waals surface area contributed by atoms with Gasteiger partial charge in [0.25, 0.3) is 0 Å². The fourth-order valence-electron chi connectivity index (χ4n) is 1.20. The number of hydrogen-bond donors (Lipinski definition) is 1. The highest BCUT2D eigenvalue weighted by Gasteiger charge is 2.36. The number of ether oxygens (including phenoxy) is 2. The van der Waals surface area contributed by atoms with Gasteiger partial charge in [0.2, 0.25) is 5.91 Å². The van der Waals surface area contributed by atoms with Gasteiger partial charge in [-0.25, -0.2) is 0 Å². The lowest BCUT2D eigenvalue weighted by molar-refractivity contribution is -0.118. The van der Waals surface area contributed by atoms with Crippen LogP contribution in [-0.2, 0) is 18.7 Å². The molecule has 5 nitrogen and oxygen atoms in total. The number of carbonyl (C=O) groups excluding carboxylic acids is 1. The summed E-state index contributed by atoms with van der Waals surface area (Å²) in [5, 5.41) is 3.26. The molecule has 0 radical (unpaired) electrons. The molecule has 0 atom stereocenters. The van der Waals surface area contributed by atoms with Gasteiger partial charge in [0.1, 0.15) is 0 Å². The van der Waals surface area contributed by atoms with Gasteiger partial charge in [-0.05, 0) is 18.1 Å². The molecule has 0 aromatic heterocycles. The van der Waals surface area contributed by atoms with Crippen molar-refractivity contribution in [2.75, 3.05) is 44.9 Å². The van der Waals surface area contributed by atoms with E-state index < -0.39 is 8.32 Å². The predicted octanol–water partition coefficient (Wildman–Crippen LogP) is 2.55. The Morgan fingerprint density at radius 1 is 1.05 bits per heavy atom. The number of carbonyl (C=O) groups is 1. The molecule has 0 fully saturated rings. The van der Waals surface area contributed by atoms with E-state index in [2.05, 4.69) is 55.1 Å². The second-order valence-electron chi connectivity index (χ2n) is 6.32. The first-order valence-corrected chi connectivity index (χ1v) is 11.4. The predicted molar refractivity (Wildman–Crippen MR) is 91.6 cm³/mol. The molecule has 1 amide bonds. The van der Waals surface area contributed by atoms with E-state index in [9.17, 15) is 4.79 Å². The third kappa shape index (κ3) is 10.4. The molecule has 0 bridgehead atoms. The minimum absolute atomic E-state index is 0.0300. The van der Waals surface area contributed by atoms with Crippen LogP contribution in [0.5, 0.6) is 0 Å². The van der Waals surface area contributed by atoms with Gasteiger partial charge in [0.15, 0.2) is 8.32 Å². The Bertz CT molecular complexity index is 295. The van der Waals surface area contributed by atoms with Crippen molar-refractivity contribution in [2.45, 2.75) is 38.9 Å². The van der Waals surface area contributed by atoms with Gasteiger partial charge in [-0.15, -0.1) is 0 Å². The van der Waals surface area contributed by atoms with Gasteiger partial charge in [-0.1, -0.05) is 36.7 Å². The Hall–Kier alpha value is 0.0469. The lowest BCUT2D eigenvalue weighted by atomic mass is 10.2. The molecule has 0 saturated heterocycles. The maximum atomic E-state index is 10.9. The molecular weight excluding hydrogens is 354 g/mol. The zero-order valence-electron chi connectivity index (χ0n) is 14.0. The molecule has 0 aromatic carbocycles. The van der Waals surface area contributed by atoms with Crippen molar-refractivity contribution in [3.8, 4) is 0 Å². The van der Waals surface area contributed by atoms with Crippen molar-refractivity contribution >= 4 is 30.2 Å². The van der Waals surface area contributed by atoms with Gasteiger partial charge >= 0.3 is 0 Å². The molecule has 0 aliphatic rings. The molecule has 126 valence electrons. The molecule has 1 N–H and O–H groups in total. The van der Waals surface area contributed by atoms with Gasteiger partial charge in [0.05, 0.1) is 38.4 Å². The summed E-state index contributed by atoms with van der Waals surface area (Å²) in [6, 6.07) is 0. The molecule has 0 unspecified atom stereocenters. The molecule has 0 saturated carbocycles. The van der Waals surface area contributed by atoms with Crippen LogP contribution >= 0.6 is 15.9 Å². The van der Waals surface area contributed by atoms with Gasteiger partial charge in [-0.3, -0.25) is 4.79 Å². The zero-order valence-corrected chi connectivity index (χ0v) is 16.5. The highest BCUT2D eigenvalue weighted by molar-refractivity contribution is 9.09. The van der Waals surface area contributed by atoms with Crippen molar-refractivity contribution in [3.63, 3.8) is 0 Å². The van der Waals surface area contributed by atoms with Crippen LogP contribution in [-0.4, -0.2) is 59.1 Å². The standard InChI is InChI=1S/C14H30BrNO4Si/c1-14(2,3)21(4,5)20-11-10-19-9-8-18-7-6-16-13(17)12-15/h6-12H2,1-5H3,(H,16,17). The van der Waals surface area contributed by atoms with Crippen LogP contribution in [0.25, 0.3) is 0 Å². The second-order valence-corrected chi connectivity index (χ2v) is 11.7. The first kappa shape index (κ1) is 21.0. The van der Waals surface area contributed by atoms with E-state index in [1.54, 1.807) is 0 Å². The fourth-order valence-corrected chi connectivity index (χ4v) is 2.43. The maximum absolute atomic E-state index is 10.9. The van der Waals surface area contributed by atoms with Crippen molar-refractivity contribution in [2.24, 2.45) is 0 Å². The molecule has 7 heteroatoms. The van der Waals surface area contributed by atoms with E-state index >= 15 is 0 Å². The average molecular weight is 384 g/mol. The fraction of sp³-hybridized carbons (Fsp3) is 0.929. The van der Waals surface area contributed by atoms with Crippen molar-refractivity contribution in [1.82, 2.24) is 5.32 Å². The molecule has 0 aliphatic heterocycles. The summed E-state index contributed by atoms with van der Waals surface area (Å²) in [7, 11) is -1.66. The van der Waals surface area contributed by atoms with E-state index in [4.69, 9.17) is 13.9 Å². The Labute approximate surface area is 138 Å². The second kappa shape index (κ2) is 10.7. The Morgan fingerprint density at radius 3 is 2.10 bits per heavy atom. The molecule has 0 rings (SSSR count). The van der Waals surface area contributed by atoms with Crippen molar-refractivity contribution < 1.29 is 18.7 Å². The topological polar surface area (TPSA) is 56.8 Å². The molecule has 0 spiro atoms. The van der Waals surface area contributed by atoms with Crippen LogP contribution in [0.1, 0.15) is 20.8 Å². The molecule has 0 aromatic rings. The minimum Gasteiger partial charge on any atom is -0.414 e. The lowest BCUT2D eigenvalue weighted by Gasteiger charge is -2.36. The summed E-state index contributed by atoms with van der Waals surface area (Å²) >= 11 is 3.08. The zero-order chi connectivity index (χ0) is 16.4. The quantitative estimate of drug-likeness (QED) is 0.338. The Kier molecular flexibility index (Phi) is 10.7. The summed E-state index contributed by atoms with van der Waals surface area (Å²) in [6.07, 6.45) is 0. The Balaban J connectivity index is 3.40. The largest absolute Gasteiger partial charge is 0.414 e. The van der Waals surface area contributed by atoms with Gasteiger partial charge in [-0.2, -0.15) is 0 Å². The number of alkyl halides is 1. The monoisotopic (exact) mass is 383 g/mol. The number of nitrogens with one attached hydrogen (secondary N) is 1. The summed E-state index contributed by atoms with van der Waals surface area (Å²) in [5.74, 6) is -0.0300. The molecule has 0 aliphatic carbocycles. The lowest BCUT2D eigenvalue weighted by Crippen LogP contribution is -2.41. The van der Waals surface area contributed by atoms with Crippen molar-refractivity contribution in [3.05, 3.63) is 0 Å². The highest BCUT2D eigenvalue weighted by Crippen LogP contribution is 2.36. The number of amides is 1. The SMILES string of the molecule is CC(C)(C)[Si](C)(C)OCCOCCOCCNC(=O)CBr. The van der Waals surface area contributed by atoms with Gasteiger partial charge < -0.3 is 19.2 Å². The first-order chi connectivity index (χ1) is 9.70. The molecular formula is C14H30BrNO4Si. The van der Waals surface area contributed by atoms with Crippen LogP contribution in [0.2, 0.25) is 18.1 Å². The number of hydrogen-bond acceptors (Lipinski definition) is 4. The highest BCUT2D eigenvalue weighted by atomic mass is 79.9. The number of rotatable bonds is 11. The molecule has 21 heavy (non-hydrogen) atoms. The van der Waals surface area contributed by atoms with Crippen LogP contribution in [0.4, 0.5) is 0 Å². The number of halogens is 1. The van der Waals surface area contributed by atoms with E-state index in [1.165, 1.54) is 0 Å². The van der Waals surface area contributed by atoms with Crippen LogP contribution < -0.4 is 5.32 Å². The van der Waals surface area contributed by atoms with Crippen molar-refractivity contribution in [1.29, 1.82) is 0 Å².